The second kappa shape index (κ2) is 9.73. The van der Waals surface area contributed by atoms with Crippen LogP contribution in [0.3, 0.4) is 0 Å². The molecule has 0 saturated heterocycles. The monoisotopic (exact) mass is 475 g/mol. The van der Waals surface area contributed by atoms with Gasteiger partial charge in [0.25, 0.3) is 0 Å². The van der Waals surface area contributed by atoms with Gasteiger partial charge >= 0.3 is 0 Å². The lowest BCUT2D eigenvalue weighted by Crippen LogP contribution is -2.23. The van der Waals surface area contributed by atoms with E-state index in [0.717, 1.165) is 57.2 Å². The third-order valence-electron chi connectivity index (χ3n) is 8.56. The molecular formula is C34H37NO. The average Bonchev–Trinajstić information content (AvgIpc) is 3.18. The Labute approximate surface area is 216 Å². The first-order chi connectivity index (χ1) is 17.6. The summed E-state index contributed by atoms with van der Waals surface area (Å²) >= 11 is 0. The molecule has 1 aromatic carbocycles. The molecule has 1 aromatic rings. The van der Waals surface area contributed by atoms with E-state index in [9.17, 15) is 0 Å². The van der Waals surface area contributed by atoms with Gasteiger partial charge in [-0.25, -0.2) is 0 Å². The Morgan fingerprint density at radius 1 is 1.17 bits per heavy atom. The van der Waals surface area contributed by atoms with Gasteiger partial charge in [0.15, 0.2) is 0 Å². The first kappa shape index (κ1) is 23.3. The Kier molecular flexibility index (Phi) is 6.29. The zero-order valence-corrected chi connectivity index (χ0v) is 21.7. The van der Waals surface area contributed by atoms with Gasteiger partial charge < -0.3 is 4.74 Å². The minimum absolute atomic E-state index is 0.358. The molecule has 36 heavy (non-hydrogen) atoms. The maximum Gasteiger partial charge on any atom is 0.102 e. The van der Waals surface area contributed by atoms with Crippen LogP contribution in [0, 0.1) is 17.8 Å². The third-order valence-corrected chi connectivity index (χ3v) is 8.56. The fourth-order valence-electron chi connectivity index (χ4n) is 6.53. The van der Waals surface area contributed by atoms with Crippen molar-refractivity contribution < 1.29 is 4.74 Å². The van der Waals surface area contributed by atoms with E-state index >= 15 is 0 Å². The molecule has 0 aromatic heterocycles. The first-order valence-corrected chi connectivity index (χ1v) is 13.7. The lowest BCUT2D eigenvalue weighted by molar-refractivity contribution is 0.156. The van der Waals surface area contributed by atoms with Crippen molar-refractivity contribution in [3.8, 4) is 0 Å². The largest absolute Gasteiger partial charge is 0.497 e. The fraction of sp³-hybridized carbons (Fsp3) is 0.382. The Morgan fingerprint density at radius 2 is 2.06 bits per heavy atom. The molecule has 0 fully saturated rings. The van der Waals surface area contributed by atoms with Crippen molar-refractivity contribution in [2.24, 2.45) is 22.7 Å². The van der Waals surface area contributed by atoms with Gasteiger partial charge in [0.1, 0.15) is 5.76 Å². The van der Waals surface area contributed by atoms with E-state index in [-0.39, 0.29) is 0 Å². The predicted molar refractivity (Wildman–Crippen MR) is 151 cm³/mol. The van der Waals surface area contributed by atoms with Crippen molar-refractivity contribution in [1.29, 1.82) is 0 Å². The number of fused-ring (bicyclic) bond motifs is 3. The summed E-state index contributed by atoms with van der Waals surface area (Å²) in [7, 11) is 0. The SMILES string of the molecule is C=C1C(C/C=C\C)COC2=C3CC1CC(C1=Cc4ccccc4C4=C(C1)CC(C)C=C4)=NC3=CCC2. The first-order valence-electron chi connectivity index (χ1n) is 13.7. The van der Waals surface area contributed by atoms with Gasteiger partial charge in [-0.1, -0.05) is 79.3 Å². The highest BCUT2D eigenvalue weighted by molar-refractivity contribution is 6.07. The molecule has 2 heteroatoms. The molecule has 184 valence electrons. The smallest absolute Gasteiger partial charge is 0.102 e. The number of aliphatic imine (C=N–C) groups is 1. The van der Waals surface area contributed by atoms with Crippen molar-refractivity contribution in [1.82, 2.24) is 0 Å². The summed E-state index contributed by atoms with van der Waals surface area (Å²) in [4.78, 5) is 5.41. The average molecular weight is 476 g/mol. The highest BCUT2D eigenvalue weighted by Gasteiger charge is 2.34. The van der Waals surface area contributed by atoms with Crippen LogP contribution in [0.15, 0.2) is 100.0 Å². The van der Waals surface area contributed by atoms with Gasteiger partial charge in [-0.15, -0.1) is 0 Å². The minimum Gasteiger partial charge on any atom is -0.497 e. The zero-order chi connectivity index (χ0) is 24.6. The van der Waals surface area contributed by atoms with Crippen LogP contribution in [0.2, 0.25) is 0 Å². The van der Waals surface area contributed by atoms with Crippen LogP contribution in [0.25, 0.3) is 11.6 Å². The topological polar surface area (TPSA) is 21.6 Å². The van der Waals surface area contributed by atoms with Gasteiger partial charge in [-0.05, 0) is 85.6 Å². The molecule has 2 aliphatic heterocycles. The molecular weight excluding hydrogens is 438 g/mol. The fourth-order valence-corrected chi connectivity index (χ4v) is 6.53. The molecule has 2 heterocycles. The summed E-state index contributed by atoms with van der Waals surface area (Å²) < 4.78 is 6.45. The lowest BCUT2D eigenvalue weighted by atomic mass is 9.78. The van der Waals surface area contributed by atoms with E-state index in [4.69, 9.17) is 9.73 Å². The Balaban J connectivity index is 1.44. The normalized spacial score (nSPS) is 27.7. The number of benzene rings is 1. The van der Waals surface area contributed by atoms with Crippen LogP contribution < -0.4 is 0 Å². The Hall–Kier alpha value is -3.13. The summed E-state index contributed by atoms with van der Waals surface area (Å²) in [5.41, 5.74) is 12.1. The molecule has 6 rings (SSSR count). The molecule has 3 unspecified atom stereocenters. The number of hydrogen-bond acceptors (Lipinski definition) is 2. The standard InChI is InChI=1S/C34H37NO/c1-4-5-9-25-21-36-34-13-8-12-32-31(34)19-26(23(25)3)20-33(35-32)28-17-24-10-6-7-11-29(24)30-15-14-22(2)16-27(30)18-28/h4-7,10-12,14-15,17,22,25-26H,3,8-9,13,16,18-21H2,1-2H3/b5-4-. The summed E-state index contributed by atoms with van der Waals surface area (Å²) in [6.45, 7) is 9.83. The Bertz CT molecular complexity index is 1310. The lowest BCUT2D eigenvalue weighted by Gasteiger charge is -2.31. The zero-order valence-electron chi connectivity index (χ0n) is 21.7. The summed E-state index contributed by atoms with van der Waals surface area (Å²) in [6.07, 6.45) is 21.0. The van der Waals surface area contributed by atoms with Gasteiger partial charge in [-0.2, -0.15) is 0 Å². The predicted octanol–water partition coefficient (Wildman–Crippen LogP) is 8.77. The van der Waals surface area contributed by atoms with Crippen LogP contribution in [-0.2, 0) is 4.74 Å². The van der Waals surface area contributed by atoms with E-state index in [2.05, 4.69) is 81.1 Å². The van der Waals surface area contributed by atoms with E-state index in [1.165, 1.54) is 44.9 Å². The van der Waals surface area contributed by atoms with Gasteiger partial charge in [0.05, 0.1) is 12.3 Å². The van der Waals surface area contributed by atoms with Crippen molar-refractivity contribution >= 4 is 17.4 Å². The maximum atomic E-state index is 6.45. The van der Waals surface area contributed by atoms with Crippen LogP contribution in [0.1, 0.15) is 69.9 Å². The van der Waals surface area contributed by atoms with E-state index in [1.54, 1.807) is 5.57 Å². The summed E-state index contributed by atoms with van der Waals surface area (Å²) in [6, 6.07) is 8.88. The van der Waals surface area contributed by atoms with Crippen molar-refractivity contribution in [2.75, 3.05) is 6.61 Å². The maximum absolute atomic E-state index is 6.45. The van der Waals surface area contributed by atoms with E-state index in [0.29, 0.717) is 17.8 Å². The molecule has 3 aliphatic carbocycles. The van der Waals surface area contributed by atoms with Crippen LogP contribution in [0.5, 0.6) is 0 Å². The van der Waals surface area contributed by atoms with E-state index < -0.39 is 0 Å². The van der Waals surface area contributed by atoms with E-state index in [1.807, 2.05) is 0 Å². The number of nitrogens with zero attached hydrogens (tertiary/aromatic N) is 1. The van der Waals surface area contributed by atoms with Gasteiger partial charge in [-0.3, -0.25) is 4.99 Å². The number of hydrogen-bond donors (Lipinski definition) is 0. The summed E-state index contributed by atoms with van der Waals surface area (Å²) in [5.74, 6) is 2.51. The van der Waals surface area contributed by atoms with Crippen LogP contribution in [0.4, 0.5) is 0 Å². The molecule has 0 spiro atoms. The summed E-state index contributed by atoms with van der Waals surface area (Å²) in [5, 5.41) is 0. The number of rotatable bonds is 3. The second-order valence-electron chi connectivity index (χ2n) is 11.1. The second-order valence-corrected chi connectivity index (χ2v) is 11.1. The quantitative estimate of drug-likeness (QED) is 0.400. The minimum atomic E-state index is 0.358. The molecule has 2 bridgehead atoms. The third kappa shape index (κ3) is 4.32. The molecule has 3 atom stereocenters. The highest BCUT2D eigenvalue weighted by atomic mass is 16.5. The van der Waals surface area contributed by atoms with Crippen molar-refractivity contribution in [3.05, 3.63) is 106 Å². The molecule has 0 amide bonds. The van der Waals surface area contributed by atoms with Crippen LogP contribution in [-0.4, -0.2) is 12.3 Å². The van der Waals surface area contributed by atoms with Crippen molar-refractivity contribution in [2.45, 2.75) is 58.8 Å². The molecule has 5 aliphatic rings. The van der Waals surface area contributed by atoms with Crippen molar-refractivity contribution in [3.63, 3.8) is 0 Å². The van der Waals surface area contributed by atoms with Gasteiger partial charge in [0.2, 0.25) is 0 Å². The van der Waals surface area contributed by atoms with Crippen LogP contribution >= 0.6 is 0 Å². The van der Waals surface area contributed by atoms with Gasteiger partial charge in [0, 0.05) is 23.6 Å². The highest BCUT2D eigenvalue weighted by Crippen LogP contribution is 2.45. The molecule has 0 N–H and O–H groups in total. The molecule has 2 nitrogen and oxygen atoms in total. The molecule has 0 saturated carbocycles. The molecule has 0 radical (unpaired) electrons. The number of allylic oxidation sites excluding steroid dienone is 10. The number of ether oxygens (including phenoxy) is 1. The Morgan fingerprint density at radius 3 is 2.94 bits per heavy atom.